The summed E-state index contributed by atoms with van der Waals surface area (Å²) in [5.41, 5.74) is 1.84. The Morgan fingerprint density at radius 2 is 1.93 bits per heavy atom. The largest absolute Gasteiger partial charge is 0.497 e. The Hall–Kier alpha value is -2.47. The smallest absolute Gasteiger partial charge is 0.229 e. The van der Waals surface area contributed by atoms with E-state index < -0.39 is 0 Å². The molecular weight excluding hydrogens is 372 g/mol. The predicted molar refractivity (Wildman–Crippen MR) is 113 cm³/mol. The van der Waals surface area contributed by atoms with Gasteiger partial charge in [-0.15, -0.1) is 11.8 Å². The molecule has 2 unspecified atom stereocenters. The standard InChI is InChI=1S/C22H26N2O3S/c1-15-12-13-24(20-6-4-5-7-21(20)28-15)22(26)14-19(23-16(2)25)17-8-10-18(27-3)11-9-17/h4-11,15,19H,12-14H2,1-3H3,(H,23,25). The predicted octanol–water partition coefficient (Wildman–Crippen LogP) is 4.18. The van der Waals surface area contributed by atoms with Gasteiger partial charge in [0.2, 0.25) is 11.8 Å². The Labute approximate surface area is 170 Å². The molecule has 2 amide bonds. The van der Waals surface area contributed by atoms with Crippen LogP contribution < -0.4 is 15.0 Å². The van der Waals surface area contributed by atoms with Crippen molar-refractivity contribution in [2.75, 3.05) is 18.6 Å². The summed E-state index contributed by atoms with van der Waals surface area (Å²) in [5, 5.41) is 3.37. The molecule has 1 heterocycles. The number of hydrogen-bond acceptors (Lipinski definition) is 4. The van der Waals surface area contributed by atoms with E-state index in [1.165, 1.54) is 6.92 Å². The van der Waals surface area contributed by atoms with E-state index in [0.29, 0.717) is 11.8 Å². The second-order valence-corrected chi connectivity index (χ2v) is 8.44. The lowest BCUT2D eigenvalue weighted by Crippen LogP contribution is -2.36. The molecule has 5 nitrogen and oxygen atoms in total. The Morgan fingerprint density at radius 3 is 2.61 bits per heavy atom. The zero-order chi connectivity index (χ0) is 20.1. The van der Waals surface area contributed by atoms with Crippen LogP contribution in [0.2, 0.25) is 0 Å². The Morgan fingerprint density at radius 1 is 1.21 bits per heavy atom. The molecule has 3 rings (SSSR count). The summed E-state index contributed by atoms with van der Waals surface area (Å²) in [4.78, 5) is 28.0. The number of fused-ring (bicyclic) bond motifs is 1. The number of ether oxygens (including phenoxy) is 1. The van der Waals surface area contributed by atoms with Crippen molar-refractivity contribution in [2.24, 2.45) is 0 Å². The summed E-state index contributed by atoms with van der Waals surface area (Å²) in [6.45, 7) is 4.34. The quantitative estimate of drug-likeness (QED) is 0.821. The van der Waals surface area contributed by atoms with Crippen LogP contribution in [0.15, 0.2) is 53.4 Å². The summed E-state index contributed by atoms with van der Waals surface area (Å²) in [7, 11) is 1.61. The van der Waals surface area contributed by atoms with E-state index in [0.717, 1.165) is 28.3 Å². The van der Waals surface area contributed by atoms with Crippen molar-refractivity contribution in [3.05, 3.63) is 54.1 Å². The molecule has 2 atom stereocenters. The SMILES string of the molecule is COc1ccc(C(CC(=O)N2CCC(C)Sc3ccccc32)NC(C)=O)cc1. The van der Waals surface area contributed by atoms with Crippen molar-refractivity contribution in [3.8, 4) is 5.75 Å². The second-order valence-electron chi connectivity index (χ2n) is 6.96. The lowest BCUT2D eigenvalue weighted by molar-refractivity contribution is -0.121. The molecule has 2 aromatic carbocycles. The monoisotopic (exact) mass is 398 g/mol. The number of thioether (sulfide) groups is 1. The number of rotatable bonds is 5. The van der Waals surface area contributed by atoms with Gasteiger partial charge >= 0.3 is 0 Å². The zero-order valence-corrected chi connectivity index (χ0v) is 17.3. The summed E-state index contributed by atoms with van der Waals surface area (Å²) >= 11 is 1.81. The highest BCUT2D eigenvalue weighted by atomic mass is 32.2. The van der Waals surface area contributed by atoms with Crippen LogP contribution in [0, 0.1) is 0 Å². The van der Waals surface area contributed by atoms with Gasteiger partial charge in [0, 0.05) is 23.6 Å². The van der Waals surface area contributed by atoms with Gasteiger partial charge in [0.15, 0.2) is 0 Å². The molecular formula is C22H26N2O3S. The highest BCUT2D eigenvalue weighted by molar-refractivity contribution is 8.00. The van der Waals surface area contributed by atoms with Crippen LogP contribution >= 0.6 is 11.8 Å². The van der Waals surface area contributed by atoms with Gasteiger partial charge in [0.25, 0.3) is 0 Å². The van der Waals surface area contributed by atoms with Crippen molar-refractivity contribution in [3.63, 3.8) is 0 Å². The summed E-state index contributed by atoms with van der Waals surface area (Å²) in [6.07, 6.45) is 1.14. The van der Waals surface area contributed by atoms with Gasteiger partial charge in [-0.05, 0) is 36.2 Å². The number of benzene rings is 2. The van der Waals surface area contributed by atoms with Crippen molar-refractivity contribution >= 4 is 29.3 Å². The molecule has 28 heavy (non-hydrogen) atoms. The molecule has 1 aliphatic rings. The third-order valence-corrected chi connectivity index (χ3v) is 6.06. The van der Waals surface area contributed by atoms with Crippen LogP contribution in [0.3, 0.4) is 0 Å². The van der Waals surface area contributed by atoms with E-state index in [4.69, 9.17) is 4.74 Å². The highest BCUT2D eigenvalue weighted by Gasteiger charge is 2.27. The van der Waals surface area contributed by atoms with Crippen molar-refractivity contribution in [1.82, 2.24) is 5.32 Å². The molecule has 0 saturated carbocycles. The first-order chi connectivity index (χ1) is 13.5. The maximum atomic E-state index is 13.2. The first kappa shape index (κ1) is 20.3. The van der Waals surface area contributed by atoms with Crippen LogP contribution in [0.1, 0.15) is 38.3 Å². The third kappa shape index (κ3) is 4.87. The Bertz CT molecular complexity index is 838. The van der Waals surface area contributed by atoms with Crippen LogP contribution in [0.5, 0.6) is 5.75 Å². The summed E-state index contributed by atoms with van der Waals surface area (Å²) in [5.74, 6) is 0.592. The lowest BCUT2D eigenvalue weighted by Gasteiger charge is -2.26. The number of para-hydroxylation sites is 1. The molecule has 0 saturated heterocycles. The minimum absolute atomic E-state index is 0.0109. The average Bonchev–Trinajstić information content (AvgIpc) is 2.85. The fourth-order valence-corrected chi connectivity index (χ4v) is 4.48. The van der Waals surface area contributed by atoms with Crippen LogP contribution in [0.25, 0.3) is 0 Å². The topological polar surface area (TPSA) is 58.6 Å². The van der Waals surface area contributed by atoms with Gasteiger partial charge in [-0.1, -0.05) is 31.2 Å². The number of methoxy groups -OCH3 is 1. The van der Waals surface area contributed by atoms with Gasteiger partial charge in [-0.2, -0.15) is 0 Å². The van der Waals surface area contributed by atoms with E-state index in [-0.39, 0.29) is 24.3 Å². The van der Waals surface area contributed by atoms with Gasteiger partial charge in [-0.3, -0.25) is 9.59 Å². The maximum Gasteiger partial charge on any atom is 0.229 e. The number of carbonyl (C=O) groups excluding carboxylic acids is 2. The fraction of sp³-hybridized carbons (Fsp3) is 0.364. The van der Waals surface area contributed by atoms with E-state index >= 15 is 0 Å². The fourth-order valence-electron chi connectivity index (χ4n) is 3.36. The summed E-state index contributed by atoms with van der Waals surface area (Å²) < 4.78 is 5.20. The van der Waals surface area contributed by atoms with Crippen molar-refractivity contribution in [1.29, 1.82) is 0 Å². The normalized spacial score (nSPS) is 17.2. The third-order valence-electron chi connectivity index (χ3n) is 4.82. The van der Waals surface area contributed by atoms with E-state index in [2.05, 4.69) is 18.3 Å². The second kappa shape index (κ2) is 9.15. The van der Waals surface area contributed by atoms with E-state index in [9.17, 15) is 9.59 Å². The zero-order valence-electron chi connectivity index (χ0n) is 16.5. The number of nitrogens with zero attached hydrogens (tertiary/aromatic N) is 1. The van der Waals surface area contributed by atoms with Gasteiger partial charge in [0.1, 0.15) is 5.75 Å². The number of nitrogens with one attached hydrogen (secondary N) is 1. The minimum atomic E-state index is -0.378. The maximum absolute atomic E-state index is 13.2. The molecule has 0 spiro atoms. The van der Waals surface area contributed by atoms with Crippen molar-refractivity contribution in [2.45, 2.75) is 42.9 Å². The number of amides is 2. The lowest BCUT2D eigenvalue weighted by atomic mass is 10.0. The van der Waals surface area contributed by atoms with E-state index in [1.54, 1.807) is 18.9 Å². The van der Waals surface area contributed by atoms with Crippen LogP contribution in [-0.4, -0.2) is 30.7 Å². The van der Waals surface area contributed by atoms with Crippen molar-refractivity contribution < 1.29 is 14.3 Å². The van der Waals surface area contributed by atoms with Gasteiger partial charge in [-0.25, -0.2) is 0 Å². The average molecular weight is 399 g/mol. The number of carbonyl (C=O) groups is 2. The van der Waals surface area contributed by atoms with Crippen LogP contribution in [-0.2, 0) is 9.59 Å². The molecule has 0 aliphatic carbocycles. The molecule has 2 aromatic rings. The molecule has 0 radical (unpaired) electrons. The first-order valence-corrected chi connectivity index (χ1v) is 10.3. The van der Waals surface area contributed by atoms with Crippen LogP contribution in [0.4, 0.5) is 5.69 Å². The molecule has 0 bridgehead atoms. The molecule has 148 valence electrons. The minimum Gasteiger partial charge on any atom is -0.497 e. The van der Waals surface area contributed by atoms with E-state index in [1.807, 2.05) is 47.4 Å². The van der Waals surface area contributed by atoms with Gasteiger partial charge in [0.05, 0.1) is 25.3 Å². The number of hydrogen-bond donors (Lipinski definition) is 1. The molecule has 1 N–H and O–H groups in total. The molecule has 0 fully saturated rings. The molecule has 0 aromatic heterocycles. The first-order valence-electron chi connectivity index (χ1n) is 9.45. The molecule has 1 aliphatic heterocycles. The Balaban J connectivity index is 1.84. The highest BCUT2D eigenvalue weighted by Crippen LogP contribution is 2.38. The van der Waals surface area contributed by atoms with Gasteiger partial charge < -0.3 is 15.0 Å². The Kier molecular flexibility index (Phi) is 6.62. The number of anilines is 1. The molecule has 6 heteroatoms. The summed E-state index contributed by atoms with van der Waals surface area (Å²) in [6, 6.07) is 15.1.